The van der Waals surface area contributed by atoms with Crippen molar-refractivity contribution in [3.63, 3.8) is 0 Å². The van der Waals surface area contributed by atoms with Gasteiger partial charge in [-0.2, -0.15) is 0 Å². The van der Waals surface area contributed by atoms with Crippen LogP contribution in [0.5, 0.6) is 0 Å². The van der Waals surface area contributed by atoms with Gasteiger partial charge < -0.3 is 4.90 Å². The minimum Gasteiger partial charge on any atom is -0.334 e. The Hall–Kier alpha value is -1.89. The molecular formula is C24H26ClN3OS2. The van der Waals surface area contributed by atoms with Crippen molar-refractivity contribution in [2.75, 3.05) is 18.0 Å². The van der Waals surface area contributed by atoms with Gasteiger partial charge in [-0.1, -0.05) is 67.0 Å². The van der Waals surface area contributed by atoms with Crippen LogP contribution < -0.4 is 4.90 Å². The van der Waals surface area contributed by atoms with Crippen LogP contribution in [0.2, 0.25) is 5.02 Å². The number of rotatable bonds is 6. The molecule has 2 aliphatic rings. The number of carbonyl (C=O) groups is 1. The van der Waals surface area contributed by atoms with E-state index in [1.54, 1.807) is 11.8 Å². The Morgan fingerprint density at radius 3 is 2.55 bits per heavy atom. The van der Waals surface area contributed by atoms with Gasteiger partial charge in [-0.25, -0.2) is 0 Å². The maximum atomic E-state index is 13.5. The van der Waals surface area contributed by atoms with Crippen molar-refractivity contribution >= 4 is 51.9 Å². The average molecular weight is 472 g/mol. The van der Waals surface area contributed by atoms with Crippen molar-refractivity contribution in [2.45, 2.75) is 44.6 Å². The number of hydrogen-bond acceptors (Lipinski definition) is 5. The molecule has 2 aliphatic heterocycles. The molecule has 31 heavy (non-hydrogen) atoms. The van der Waals surface area contributed by atoms with E-state index in [9.17, 15) is 4.79 Å². The van der Waals surface area contributed by atoms with E-state index >= 15 is 0 Å². The molecule has 0 aliphatic carbocycles. The van der Waals surface area contributed by atoms with E-state index in [0.717, 1.165) is 50.6 Å². The number of anilines is 1. The standard InChI is InChI=1S/C24H26ClN3OS2/c1-4-6-14-28-22(29)21(31-24(28)26-16(3)17-10-8-7-9-11-17)23-27(5-2)19-15-18(25)12-13-20(19)30-23/h7-13,15-16H,4-6,14H2,1-3H3/b23-21-,26-24?/t16-/m0/s1. The van der Waals surface area contributed by atoms with Crippen LogP contribution in [-0.4, -0.2) is 29.1 Å². The third-order valence-corrected chi connectivity index (χ3v) is 7.99. The lowest BCUT2D eigenvalue weighted by Gasteiger charge is -2.19. The van der Waals surface area contributed by atoms with Crippen molar-refractivity contribution in [1.29, 1.82) is 0 Å². The molecule has 0 radical (unpaired) electrons. The van der Waals surface area contributed by atoms with Gasteiger partial charge >= 0.3 is 0 Å². The van der Waals surface area contributed by atoms with Gasteiger partial charge in [0.2, 0.25) is 0 Å². The lowest BCUT2D eigenvalue weighted by atomic mass is 10.1. The molecule has 0 bridgehead atoms. The van der Waals surface area contributed by atoms with Gasteiger partial charge in [0.1, 0.15) is 9.93 Å². The van der Waals surface area contributed by atoms with E-state index in [2.05, 4.69) is 37.8 Å². The van der Waals surface area contributed by atoms with Crippen LogP contribution in [0.25, 0.3) is 0 Å². The van der Waals surface area contributed by atoms with Gasteiger partial charge in [-0.3, -0.25) is 14.7 Å². The summed E-state index contributed by atoms with van der Waals surface area (Å²) < 4.78 is 0. The Bertz CT molecular complexity index is 1040. The number of nitrogens with zero attached hydrogens (tertiary/aromatic N) is 3. The molecular weight excluding hydrogens is 446 g/mol. The summed E-state index contributed by atoms with van der Waals surface area (Å²) >= 11 is 9.40. The lowest BCUT2D eigenvalue weighted by Crippen LogP contribution is -2.31. The maximum Gasteiger partial charge on any atom is 0.269 e. The Labute approximate surface area is 197 Å². The first kappa shape index (κ1) is 22.3. The number of thioether (sulfide) groups is 2. The van der Waals surface area contributed by atoms with Crippen LogP contribution >= 0.6 is 35.1 Å². The van der Waals surface area contributed by atoms with Crippen LogP contribution in [-0.2, 0) is 4.79 Å². The fourth-order valence-corrected chi connectivity index (χ4v) is 6.28. The molecule has 0 aromatic heterocycles. The van der Waals surface area contributed by atoms with E-state index < -0.39 is 0 Å². The fraction of sp³-hybridized carbons (Fsp3) is 0.333. The number of hydrogen-bond donors (Lipinski definition) is 0. The van der Waals surface area contributed by atoms with Gasteiger partial charge in [0.25, 0.3) is 5.91 Å². The number of unbranched alkanes of at least 4 members (excludes halogenated alkanes) is 1. The quantitative estimate of drug-likeness (QED) is 0.428. The van der Waals surface area contributed by atoms with Crippen LogP contribution in [0, 0.1) is 0 Å². The first-order valence-corrected chi connectivity index (χ1v) is 12.7. The third kappa shape index (κ3) is 4.52. The summed E-state index contributed by atoms with van der Waals surface area (Å²) in [6, 6.07) is 16.1. The van der Waals surface area contributed by atoms with E-state index in [4.69, 9.17) is 16.6 Å². The van der Waals surface area contributed by atoms with Gasteiger partial charge in [0.05, 0.1) is 11.7 Å². The highest BCUT2D eigenvalue weighted by molar-refractivity contribution is 8.19. The van der Waals surface area contributed by atoms with Gasteiger partial charge in [-0.15, -0.1) is 0 Å². The van der Waals surface area contributed by atoms with Crippen molar-refractivity contribution in [3.05, 3.63) is 69.1 Å². The van der Waals surface area contributed by atoms with Crippen LogP contribution in [0.1, 0.15) is 45.2 Å². The van der Waals surface area contributed by atoms with Crippen molar-refractivity contribution < 1.29 is 4.79 Å². The van der Waals surface area contributed by atoms with Crippen LogP contribution in [0.15, 0.2) is 68.4 Å². The maximum absolute atomic E-state index is 13.5. The summed E-state index contributed by atoms with van der Waals surface area (Å²) in [4.78, 5) is 24.4. The summed E-state index contributed by atoms with van der Waals surface area (Å²) in [6.45, 7) is 7.78. The predicted molar refractivity (Wildman–Crippen MR) is 134 cm³/mol. The highest BCUT2D eigenvalue weighted by atomic mass is 35.5. The summed E-state index contributed by atoms with van der Waals surface area (Å²) in [5.41, 5.74) is 2.21. The second-order valence-corrected chi connectivity index (χ2v) is 9.95. The molecule has 0 N–H and O–H groups in total. The molecule has 2 aromatic rings. The number of carbonyl (C=O) groups excluding carboxylic acids is 1. The molecule has 0 saturated carbocycles. The normalized spacial score (nSPS) is 20.6. The number of amidine groups is 1. The first-order valence-electron chi connectivity index (χ1n) is 10.6. The molecule has 2 aromatic carbocycles. The highest BCUT2D eigenvalue weighted by Gasteiger charge is 2.39. The number of aliphatic imine (C=N–C) groups is 1. The first-order chi connectivity index (χ1) is 15.0. The molecule has 7 heteroatoms. The fourth-order valence-electron chi connectivity index (χ4n) is 3.66. The Kier molecular flexibility index (Phi) is 6.99. The lowest BCUT2D eigenvalue weighted by molar-refractivity contribution is -0.122. The number of benzene rings is 2. The molecule has 1 fully saturated rings. The third-order valence-electron chi connectivity index (χ3n) is 5.36. The van der Waals surface area contributed by atoms with E-state index in [1.165, 1.54) is 11.8 Å². The smallest absolute Gasteiger partial charge is 0.269 e. The van der Waals surface area contributed by atoms with Crippen molar-refractivity contribution in [2.24, 2.45) is 4.99 Å². The zero-order valence-electron chi connectivity index (χ0n) is 18.0. The van der Waals surface area contributed by atoms with E-state index in [-0.39, 0.29) is 11.9 Å². The van der Waals surface area contributed by atoms with Gasteiger partial charge in [-0.05, 0) is 55.8 Å². The topological polar surface area (TPSA) is 35.9 Å². The Morgan fingerprint density at radius 2 is 1.84 bits per heavy atom. The number of amides is 1. The highest BCUT2D eigenvalue weighted by Crippen LogP contribution is 2.51. The number of halogens is 1. The largest absolute Gasteiger partial charge is 0.334 e. The second-order valence-electron chi connectivity index (χ2n) is 7.50. The van der Waals surface area contributed by atoms with Crippen LogP contribution in [0.4, 0.5) is 5.69 Å². The zero-order valence-corrected chi connectivity index (χ0v) is 20.4. The molecule has 0 unspecified atom stereocenters. The predicted octanol–water partition coefficient (Wildman–Crippen LogP) is 6.93. The summed E-state index contributed by atoms with van der Waals surface area (Å²) in [6.07, 6.45) is 1.98. The molecule has 2 heterocycles. The second kappa shape index (κ2) is 9.72. The summed E-state index contributed by atoms with van der Waals surface area (Å²) in [5, 5.41) is 2.48. The molecule has 0 spiro atoms. The molecule has 1 saturated heterocycles. The molecule has 1 amide bonds. The summed E-state index contributed by atoms with van der Waals surface area (Å²) in [7, 11) is 0. The van der Waals surface area contributed by atoms with Gasteiger partial charge in [0, 0.05) is 23.0 Å². The SMILES string of the molecule is CCCCN1C(=O)/C(=C2/Sc3ccc(Cl)cc3N2CC)SC1=N[C@@H](C)c1ccccc1. The Morgan fingerprint density at radius 1 is 1.06 bits per heavy atom. The van der Waals surface area contributed by atoms with E-state index in [0.29, 0.717) is 11.6 Å². The molecule has 4 rings (SSSR count). The molecule has 1 atom stereocenters. The minimum atomic E-state index is -0.0144. The molecule has 4 nitrogen and oxygen atoms in total. The Balaban J connectivity index is 1.71. The number of fused-ring (bicyclic) bond motifs is 1. The van der Waals surface area contributed by atoms with Crippen molar-refractivity contribution in [1.82, 2.24) is 4.90 Å². The minimum absolute atomic E-state index is 0.0144. The van der Waals surface area contributed by atoms with E-state index in [1.807, 2.05) is 41.3 Å². The van der Waals surface area contributed by atoms with Crippen LogP contribution in [0.3, 0.4) is 0 Å². The zero-order chi connectivity index (χ0) is 22.0. The monoisotopic (exact) mass is 471 g/mol. The van der Waals surface area contributed by atoms with Crippen molar-refractivity contribution in [3.8, 4) is 0 Å². The average Bonchev–Trinajstić information content (AvgIpc) is 3.29. The van der Waals surface area contributed by atoms with Gasteiger partial charge in [0.15, 0.2) is 5.17 Å². The molecule has 162 valence electrons. The summed E-state index contributed by atoms with van der Waals surface area (Å²) in [5.74, 6) is 0.0531.